The van der Waals surface area contributed by atoms with Gasteiger partial charge in [0.2, 0.25) is 0 Å². The minimum absolute atomic E-state index is 0.395. The van der Waals surface area contributed by atoms with Crippen LogP contribution in [0.1, 0.15) is 42.9 Å². The maximum Gasteiger partial charge on any atom is 0.182 e. The van der Waals surface area contributed by atoms with E-state index in [0.29, 0.717) is 12.1 Å². The SMILES string of the molecule is COc1ccccc1CN[C@H]1CCCN(CCCCNc2nccs2)[C@H]1c1ccccc1. The smallest absolute Gasteiger partial charge is 0.182 e. The Morgan fingerprint density at radius 3 is 2.75 bits per heavy atom. The zero-order valence-corrected chi connectivity index (χ0v) is 19.7. The summed E-state index contributed by atoms with van der Waals surface area (Å²) in [5.74, 6) is 0.955. The molecule has 0 bridgehead atoms. The van der Waals surface area contributed by atoms with Gasteiger partial charge < -0.3 is 15.4 Å². The Labute approximate surface area is 195 Å². The average Bonchev–Trinajstić information content (AvgIpc) is 3.37. The highest BCUT2D eigenvalue weighted by Gasteiger charge is 2.32. The summed E-state index contributed by atoms with van der Waals surface area (Å²) in [6, 6.07) is 20.1. The van der Waals surface area contributed by atoms with Crippen LogP contribution in [0.15, 0.2) is 66.2 Å². The van der Waals surface area contributed by atoms with Crippen molar-refractivity contribution in [1.82, 2.24) is 15.2 Å². The quantitative estimate of drug-likeness (QED) is 0.386. The number of hydrogen-bond acceptors (Lipinski definition) is 6. The van der Waals surface area contributed by atoms with Crippen LogP contribution in [-0.2, 0) is 6.54 Å². The topological polar surface area (TPSA) is 49.4 Å². The summed E-state index contributed by atoms with van der Waals surface area (Å²) in [7, 11) is 1.75. The number of anilines is 1. The molecule has 2 heterocycles. The van der Waals surface area contributed by atoms with Gasteiger partial charge in [0.25, 0.3) is 0 Å². The van der Waals surface area contributed by atoms with Crippen LogP contribution >= 0.6 is 11.3 Å². The fourth-order valence-electron chi connectivity index (χ4n) is 4.66. The van der Waals surface area contributed by atoms with E-state index in [4.69, 9.17) is 4.74 Å². The number of ether oxygens (including phenoxy) is 1. The number of methoxy groups -OCH3 is 1. The normalized spacial score (nSPS) is 19.0. The molecular formula is C26H34N4OS. The minimum Gasteiger partial charge on any atom is -0.496 e. The third-order valence-electron chi connectivity index (χ3n) is 6.20. The molecule has 4 rings (SSSR count). The highest BCUT2D eigenvalue weighted by Crippen LogP contribution is 2.32. The molecule has 1 fully saturated rings. The van der Waals surface area contributed by atoms with Crippen molar-refractivity contribution in [3.8, 4) is 5.75 Å². The summed E-state index contributed by atoms with van der Waals surface area (Å²) in [6.45, 7) is 4.08. The van der Waals surface area contributed by atoms with Gasteiger partial charge in [-0.3, -0.25) is 4.90 Å². The first kappa shape index (κ1) is 22.8. The molecule has 0 amide bonds. The van der Waals surface area contributed by atoms with Crippen molar-refractivity contribution in [1.29, 1.82) is 0 Å². The Hall–Kier alpha value is -2.41. The van der Waals surface area contributed by atoms with Crippen LogP contribution in [0.2, 0.25) is 0 Å². The molecule has 0 spiro atoms. The number of nitrogens with zero attached hydrogens (tertiary/aromatic N) is 2. The predicted molar refractivity (Wildman–Crippen MR) is 133 cm³/mol. The highest BCUT2D eigenvalue weighted by atomic mass is 32.1. The largest absolute Gasteiger partial charge is 0.496 e. The molecule has 1 aliphatic heterocycles. The zero-order valence-electron chi connectivity index (χ0n) is 18.9. The first-order valence-electron chi connectivity index (χ1n) is 11.6. The van der Waals surface area contributed by atoms with Crippen molar-refractivity contribution in [3.05, 3.63) is 77.3 Å². The number of rotatable bonds is 11. The number of unbranched alkanes of at least 4 members (excludes halogenated alkanes) is 1. The third-order valence-corrected chi connectivity index (χ3v) is 6.93. The van der Waals surface area contributed by atoms with Crippen LogP contribution in [0.3, 0.4) is 0 Å². The maximum atomic E-state index is 5.56. The van der Waals surface area contributed by atoms with Gasteiger partial charge in [-0.15, -0.1) is 11.3 Å². The third kappa shape index (κ3) is 6.09. The molecule has 6 heteroatoms. The van der Waals surface area contributed by atoms with Crippen LogP contribution in [0.5, 0.6) is 5.75 Å². The zero-order chi connectivity index (χ0) is 22.0. The number of nitrogens with one attached hydrogen (secondary N) is 2. The second kappa shape index (κ2) is 12.0. The van der Waals surface area contributed by atoms with Crippen molar-refractivity contribution >= 4 is 16.5 Å². The fourth-order valence-corrected chi connectivity index (χ4v) is 5.22. The number of piperidine rings is 1. The molecule has 170 valence electrons. The molecule has 2 N–H and O–H groups in total. The number of aromatic nitrogens is 1. The number of benzene rings is 2. The van der Waals surface area contributed by atoms with Crippen LogP contribution in [0, 0.1) is 0 Å². The molecule has 0 unspecified atom stereocenters. The average molecular weight is 451 g/mol. The lowest BCUT2D eigenvalue weighted by atomic mass is 9.89. The molecule has 32 heavy (non-hydrogen) atoms. The molecule has 1 saturated heterocycles. The van der Waals surface area contributed by atoms with Crippen LogP contribution in [-0.4, -0.2) is 42.7 Å². The molecule has 1 aliphatic rings. The lowest BCUT2D eigenvalue weighted by molar-refractivity contribution is 0.109. The van der Waals surface area contributed by atoms with Gasteiger partial charge in [-0.2, -0.15) is 0 Å². The van der Waals surface area contributed by atoms with Gasteiger partial charge >= 0.3 is 0 Å². The Balaban J connectivity index is 1.38. The molecule has 5 nitrogen and oxygen atoms in total. The van der Waals surface area contributed by atoms with Gasteiger partial charge in [0, 0.05) is 36.3 Å². The van der Waals surface area contributed by atoms with E-state index >= 15 is 0 Å². The van der Waals surface area contributed by atoms with E-state index in [-0.39, 0.29) is 0 Å². The Morgan fingerprint density at radius 2 is 1.94 bits per heavy atom. The molecular weight excluding hydrogens is 416 g/mol. The summed E-state index contributed by atoms with van der Waals surface area (Å²) >= 11 is 1.66. The van der Waals surface area contributed by atoms with Crippen molar-refractivity contribution in [2.24, 2.45) is 0 Å². The van der Waals surface area contributed by atoms with Crippen molar-refractivity contribution in [2.75, 3.05) is 32.1 Å². The van der Waals surface area contributed by atoms with E-state index in [1.165, 1.54) is 30.4 Å². The Morgan fingerprint density at radius 1 is 1.09 bits per heavy atom. The summed E-state index contributed by atoms with van der Waals surface area (Å²) < 4.78 is 5.56. The van der Waals surface area contributed by atoms with Crippen molar-refractivity contribution in [2.45, 2.75) is 44.3 Å². The molecule has 0 saturated carbocycles. The predicted octanol–water partition coefficient (Wildman–Crippen LogP) is 5.34. The van der Waals surface area contributed by atoms with Gasteiger partial charge in [0.1, 0.15) is 5.75 Å². The number of hydrogen-bond donors (Lipinski definition) is 2. The fraction of sp³-hybridized carbons (Fsp3) is 0.423. The van der Waals surface area contributed by atoms with Crippen molar-refractivity contribution < 1.29 is 4.74 Å². The second-order valence-electron chi connectivity index (χ2n) is 8.30. The minimum atomic E-state index is 0.395. The summed E-state index contributed by atoms with van der Waals surface area (Å²) in [5.41, 5.74) is 2.62. The van der Waals surface area contributed by atoms with E-state index in [0.717, 1.165) is 43.5 Å². The van der Waals surface area contributed by atoms with Crippen LogP contribution in [0.25, 0.3) is 0 Å². The number of likely N-dealkylation sites (tertiary alicyclic amines) is 1. The summed E-state index contributed by atoms with van der Waals surface area (Å²) in [4.78, 5) is 6.99. The van der Waals surface area contributed by atoms with Gasteiger partial charge in [-0.1, -0.05) is 48.5 Å². The van der Waals surface area contributed by atoms with E-state index in [9.17, 15) is 0 Å². The second-order valence-corrected chi connectivity index (χ2v) is 9.20. The van der Waals surface area contributed by atoms with Crippen LogP contribution < -0.4 is 15.4 Å². The lowest BCUT2D eigenvalue weighted by Gasteiger charge is -2.42. The first-order valence-corrected chi connectivity index (χ1v) is 12.5. The van der Waals surface area contributed by atoms with E-state index in [2.05, 4.69) is 63.0 Å². The van der Waals surface area contributed by atoms with Gasteiger partial charge in [-0.25, -0.2) is 4.98 Å². The molecule has 3 aromatic rings. The van der Waals surface area contributed by atoms with Crippen LogP contribution in [0.4, 0.5) is 5.13 Å². The highest BCUT2D eigenvalue weighted by molar-refractivity contribution is 7.13. The standard InChI is InChI=1S/C26H34N4OS/c1-31-24-14-6-5-12-22(24)20-29-23-13-9-18-30(25(23)21-10-3-2-4-11-21)17-8-7-15-27-26-28-16-19-32-26/h2-6,10-12,14,16,19,23,25,29H,7-9,13,15,17-18,20H2,1H3,(H,27,28)/t23-,25-/m0/s1. The Kier molecular flexibility index (Phi) is 8.54. The molecule has 1 aromatic heterocycles. The number of thiazole rings is 1. The van der Waals surface area contributed by atoms with Gasteiger partial charge in [0.15, 0.2) is 5.13 Å². The maximum absolute atomic E-state index is 5.56. The van der Waals surface area contributed by atoms with Gasteiger partial charge in [-0.05, 0) is 50.4 Å². The van der Waals surface area contributed by atoms with E-state index < -0.39 is 0 Å². The van der Waals surface area contributed by atoms with Crippen molar-refractivity contribution in [3.63, 3.8) is 0 Å². The molecule has 0 radical (unpaired) electrons. The first-order chi connectivity index (χ1) is 15.8. The van der Waals surface area contributed by atoms with E-state index in [1.54, 1.807) is 18.4 Å². The molecule has 2 atom stereocenters. The van der Waals surface area contributed by atoms with Gasteiger partial charge in [0.05, 0.1) is 13.2 Å². The Bertz CT molecular complexity index is 919. The molecule has 0 aliphatic carbocycles. The van der Waals surface area contributed by atoms with E-state index in [1.807, 2.05) is 23.7 Å². The lowest BCUT2D eigenvalue weighted by Crippen LogP contribution is -2.48. The monoisotopic (exact) mass is 450 g/mol. The summed E-state index contributed by atoms with van der Waals surface area (Å²) in [6.07, 6.45) is 6.60. The summed E-state index contributed by atoms with van der Waals surface area (Å²) in [5, 5.41) is 10.3. The molecule has 2 aromatic carbocycles. The number of para-hydroxylation sites is 1.